The van der Waals surface area contributed by atoms with Crippen LogP contribution in [0.4, 0.5) is 13.2 Å². The second kappa shape index (κ2) is 4.31. The highest BCUT2D eigenvalue weighted by Gasteiger charge is 2.18. The van der Waals surface area contributed by atoms with Gasteiger partial charge < -0.3 is 15.6 Å². The summed E-state index contributed by atoms with van der Waals surface area (Å²) in [6.45, 7) is 0. The number of benzene rings is 1. The zero-order valence-electron chi connectivity index (χ0n) is 7.60. The Kier molecular flexibility index (Phi) is 3.31. The van der Waals surface area contributed by atoms with Crippen molar-refractivity contribution in [3.05, 3.63) is 35.1 Å². The first-order chi connectivity index (χ1) is 6.93. The van der Waals surface area contributed by atoms with Crippen LogP contribution in [0.2, 0.25) is 0 Å². The first-order valence-electron chi connectivity index (χ1n) is 4.09. The Labute approximate surface area is 83.3 Å². The molecule has 0 amide bonds. The van der Waals surface area contributed by atoms with Crippen LogP contribution in [0, 0.1) is 17.5 Å². The molecule has 0 aliphatic heterocycles. The first kappa shape index (κ1) is 11.5. The molecule has 6 heteroatoms. The minimum atomic E-state index is -1.54. The highest BCUT2D eigenvalue weighted by molar-refractivity contribution is 5.69. The van der Waals surface area contributed by atoms with Crippen LogP contribution >= 0.6 is 0 Å². The van der Waals surface area contributed by atoms with Gasteiger partial charge in [-0.05, 0) is 12.1 Å². The van der Waals surface area contributed by atoms with Gasteiger partial charge >= 0.3 is 0 Å². The van der Waals surface area contributed by atoms with Gasteiger partial charge in [-0.1, -0.05) is 0 Å². The van der Waals surface area contributed by atoms with Crippen molar-refractivity contribution in [3.8, 4) is 0 Å². The number of carbonyl (C=O) groups excluding carboxylic acids is 1. The monoisotopic (exact) mass is 219 g/mol. The fourth-order valence-electron chi connectivity index (χ4n) is 1.09. The summed E-state index contributed by atoms with van der Waals surface area (Å²) in [5.74, 6) is -5.15. The fourth-order valence-corrected chi connectivity index (χ4v) is 1.09. The lowest BCUT2D eigenvalue weighted by Crippen LogP contribution is -2.69. The summed E-state index contributed by atoms with van der Waals surface area (Å²) >= 11 is 0. The minimum absolute atomic E-state index is 0.544. The molecule has 1 aromatic rings. The molecule has 15 heavy (non-hydrogen) atoms. The van der Waals surface area contributed by atoms with Gasteiger partial charge in [0.1, 0.15) is 11.9 Å². The highest BCUT2D eigenvalue weighted by atomic mass is 19.2. The number of aliphatic carboxylic acids is 1. The van der Waals surface area contributed by atoms with Crippen LogP contribution in [0.3, 0.4) is 0 Å². The van der Waals surface area contributed by atoms with Crippen molar-refractivity contribution < 1.29 is 28.8 Å². The molecular formula is C9H8F3NO2. The number of hydrogen-bond acceptors (Lipinski definition) is 2. The van der Waals surface area contributed by atoms with E-state index in [4.69, 9.17) is 0 Å². The Morgan fingerprint density at radius 3 is 2.40 bits per heavy atom. The molecule has 0 spiro atoms. The summed E-state index contributed by atoms with van der Waals surface area (Å²) in [7, 11) is 0. The van der Waals surface area contributed by atoms with E-state index in [1.807, 2.05) is 0 Å². The van der Waals surface area contributed by atoms with Gasteiger partial charge in [-0.25, -0.2) is 13.2 Å². The number of carboxylic acid groups (broad SMARTS) is 1. The van der Waals surface area contributed by atoms with Crippen molar-refractivity contribution in [3.63, 3.8) is 0 Å². The van der Waals surface area contributed by atoms with E-state index in [9.17, 15) is 23.1 Å². The van der Waals surface area contributed by atoms with Crippen molar-refractivity contribution >= 4 is 5.97 Å². The van der Waals surface area contributed by atoms with E-state index in [0.717, 1.165) is 6.07 Å². The Morgan fingerprint density at radius 1 is 1.33 bits per heavy atom. The van der Waals surface area contributed by atoms with Gasteiger partial charge in [0.2, 0.25) is 0 Å². The summed E-state index contributed by atoms with van der Waals surface area (Å²) < 4.78 is 38.7. The van der Waals surface area contributed by atoms with Crippen LogP contribution in [0.15, 0.2) is 12.1 Å². The van der Waals surface area contributed by atoms with Gasteiger partial charge in [0.25, 0.3) is 0 Å². The largest absolute Gasteiger partial charge is 0.544 e. The van der Waals surface area contributed by atoms with E-state index in [-0.39, 0.29) is 0 Å². The molecule has 0 aliphatic rings. The SMILES string of the molecule is [NH3+][C@H](Cc1c(F)ccc(F)c1F)C(=O)[O-]. The standard InChI is InChI=1S/C9H8F3NO2/c10-5-1-2-6(11)8(12)4(5)3-7(13)9(14)15/h1-2,7H,3,13H2,(H,14,15)/t7-/m1/s1. The molecule has 0 heterocycles. The lowest BCUT2D eigenvalue weighted by atomic mass is 10.1. The molecule has 1 aromatic carbocycles. The average Bonchev–Trinajstić information content (AvgIpc) is 2.18. The van der Waals surface area contributed by atoms with Gasteiger partial charge in [0.05, 0.1) is 5.97 Å². The maximum atomic E-state index is 13.0. The second-order valence-electron chi connectivity index (χ2n) is 3.04. The van der Waals surface area contributed by atoms with E-state index in [1.165, 1.54) is 0 Å². The lowest BCUT2D eigenvalue weighted by Gasteiger charge is -2.10. The van der Waals surface area contributed by atoms with Crippen LogP contribution < -0.4 is 10.8 Å². The molecule has 1 rings (SSSR count). The van der Waals surface area contributed by atoms with Crippen molar-refractivity contribution in [2.75, 3.05) is 0 Å². The van der Waals surface area contributed by atoms with E-state index in [0.29, 0.717) is 6.07 Å². The summed E-state index contributed by atoms with van der Waals surface area (Å²) in [5, 5.41) is 10.3. The van der Waals surface area contributed by atoms with Crippen molar-refractivity contribution in [2.24, 2.45) is 0 Å². The zero-order valence-corrected chi connectivity index (χ0v) is 7.60. The summed E-state index contributed by atoms with van der Waals surface area (Å²) in [6, 6.07) is 0.0388. The van der Waals surface area contributed by atoms with E-state index in [1.54, 1.807) is 0 Å². The van der Waals surface area contributed by atoms with Gasteiger partial charge in [0, 0.05) is 12.0 Å². The predicted octanol–water partition coefficient (Wildman–Crippen LogP) is -0.993. The number of rotatable bonds is 3. The smallest absolute Gasteiger partial charge is 0.165 e. The van der Waals surface area contributed by atoms with Crippen molar-refractivity contribution in [1.82, 2.24) is 0 Å². The van der Waals surface area contributed by atoms with E-state index < -0.39 is 41.4 Å². The quantitative estimate of drug-likeness (QED) is 0.663. The molecule has 82 valence electrons. The summed E-state index contributed by atoms with van der Waals surface area (Å²) in [6.07, 6.45) is -0.544. The third-order valence-corrected chi connectivity index (χ3v) is 1.92. The van der Waals surface area contributed by atoms with E-state index >= 15 is 0 Å². The van der Waals surface area contributed by atoms with Gasteiger partial charge in [0.15, 0.2) is 11.6 Å². The van der Waals surface area contributed by atoms with Crippen LogP contribution in [0.25, 0.3) is 0 Å². The molecule has 0 bridgehead atoms. The molecule has 3 N–H and O–H groups in total. The molecule has 0 unspecified atom stereocenters. The van der Waals surface area contributed by atoms with Crippen molar-refractivity contribution in [1.29, 1.82) is 0 Å². The second-order valence-corrected chi connectivity index (χ2v) is 3.04. The third kappa shape index (κ3) is 2.47. The topological polar surface area (TPSA) is 67.8 Å². The molecule has 0 saturated carbocycles. The highest BCUT2D eigenvalue weighted by Crippen LogP contribution is 2.16. The lowest BCUT2D eigenvalue weighted by molar-refractivity contribution is -0.437. The van der Waals surface area contributed by atoms with Crippen LogP contribution in [-0.4, -0.2) is 12.0 Å². The Hall–Kier alpha value is -1.56. The summed E-state index contributed by atoms with van der Waals surface area (Å²) in [4.78, 5) is 10.3. The Balaban J connectivity index is 3.03. The van der Waals surface area contributed by atoms with Crippen LogP contribution in [0.1, 0.15) is 5.56 Å². The maximum absolute atomic E-state index is 13.0. The van der Waals surface area contributed by atoms with Gasteiger partial charge in [-0.2, -0.15) is 0 Å². The average molecular weight is 219 g/mol. The Bertz CT molecular complexity index is 395. The Morgan fingerprint density at radius 2 is 1.87 bits per heavy atom. The van der Waals surface area contributed by atoms with Crippen molar-refractivity contribution in [2.45, 2.75) is 12.5 Å². The zero-order chi connectivity index (χ0) is 11.6. The van der Waals surface area contributed by atoms with Crippen LogP contribution in [-0.2, 0) is 11.2 Å². The number of halogens is 3. The maximum Gasteiger partial charge on any atom is 0.165 e. The molecule has 1 atom stereocenters. The number of quaternary nitrogens is 1. The van der Waals surface area contributed by atoms with Gasteiger partial charge in [-0.3, -0.25) is 0 Å². The predicted molar refractivity (Wildman–Crippen MR) is 41.7 cm³/mol. The first-order valence-corrected chi connectivity index (χ1v) is 4.09. The third-order valence-electron chi connectivity index (χ3n) is 1.92. The normalized spacial score (nSPS) is 12.5. The molecule has 0 radical (unpaired) electrons. The van der Waals surface area contributed by atoms with Crippen LogP contribution in [0.5, 0.6) is 0 Å². The minimum Gasteiger partial charge on any atom is -0.544 e. The summed E-state index contributed by atoms with van der Waals surface area (Å²) in [5.41, 5.74) is 2.50. The molecule has 0 fully saturated rings. The number of hydrogen-bond donors (Lipinski definition) is 1. The number of carboxylic acids is 1. The fraction of sp³-hybridized carbons (Fsp3) is 0.222. The number of carbonyl (C=O) groups is 1. The molecule has 3 nitrogen and oxygen atoms in total. The molecule has 0 aliphatic carbocycles. The van der Waals surface area contributed by atoms with E-state index in [2.05, 4.69) is 5.73 Å². The van der Waals surface area contributed by atoms with Gasteiger partial charge in [-0.15, -0.1) is 0 Å². The molecule has 0 saturated heterocycles. The molecular weight excluding hydrogens is 211 g/mol. The molecule has 0 aromatic heterocycles.